The minimum atomic E-state index is -4.89. The minimum absolute atomic E-state index is 0.0516. The van der Waals surface area contributed by atoms with Crippen molar-refractivity contribution in [3.8, 4) is 0 Å². The fraction of sp³-hybridized carbons (Fsp3) is 0.524. The molecule has 2 aliphatic rings. The molecule has 16 heteroatoms. The molecule has 0 N–H and O–H groups in total. The molecule has 0 radical (unpaired) electrons. The molecule has 0 saturated heterocycles. The number of azo groups is 1. The molecule has 2 aromatic rings. The summed E-state index contributed by atoms with van der Waals surface area (Å²) in [5, 5.41) is 6.11. The SMILES string of the molecule is C[C@@H](COCCC(=O)N1CCn2c(nc3cc(C(F)(F)F)cnc32)C1)OC1=CN=NC(=O)C1C(F)(F)F. The van der Waals surface area contributed by atoms with E-state index in [4.69, 9.17) is 9.47 Å². The van der Waals surface area contributed by atoms with Gasteiger partial charge in [0.15, 0.2) is 11.6 Å². The predicted molar refractivity (Wildman–Crippen MR) is 111 cm³/mol. The summed E-state index contributed by atoms with van der Waals surface area (Å²) in [6, 6.07) is 0.913. The second kappa shape index (κ2) is 10.1. The van der Waals surface area contributed by atoms with Gasteiger partial charge in [-0.05, 0) is 13.0 Å². The molecule has 2 amide bonds. The second-order valence-electron chi connectivity index (χ2n) is 8.37. The highest BCUT2D eigenvalue weighted by molar-refractivity contribution is 5.83. The summed E-state index contributed by atoms with van der Waals surface area (Å²) in [6.45, 7) is 1.87. The number of hydrogen-bond acceptors (Lipinski definition) is 7. The minimum Gasteiger partial charge on any atom is -0.490 e. The molecule has 2 aliphatic heterocycles. The molecule has 0 aromatic carbocycles. The quantitative estimate of drug-likeness (QED) is 0.397. The van der Waals surface area contributed by atoms with Crippen molar-refractivity contribution in [1.82, 2.24) is 19.4 Å². The van der Waals surface area contributed by atoms with Crippen LogP contribution in [0.5, 0.6) is 0 Å². The first-order chi connectivity index (χ1) is 17.3. The number of hydrogen-bond donors (Lipinski definition) is 0. The highest BCUT2D eigenvalue weighted by Gasteiger charge is 2.50. The van der Waals surface area contributed by atoms with Gasteiger partial charge >= 0.3 is 12.4 Å². The van der Waals surface area contributed by atoms with Crippen LogP contribution in [0.15, 0.2) is 34.5 Å². The third kappa shape index (κ3) is 5.89. The number of halogens is 6. The van der Waals surface area contributed by atoms with Gasteiger partial charge in [-0.2, -0.15) is 31.5 Å². The van der Waals surface area contributed by atoms with E-state index < -0.39 is 41.6 Å². The molecule has 4 rings (SSSR count). The number of alkyl halides is 6. The van der Waals surface area contributed by atoms with Gasteiger partial charge in [0.25, 0.3) is 5.91 Å². The van der Waals surface area contributed by atoms with E-state index in [1.807, 2.05) is 0 Å². The van der Waals surface area contributed by atoms with E-state index in [1.165, 1.54) is 11.8 Å². The van der Waals surface area contributed by atoms with Gasteiger partial charge in [-0.25, -0.2) is 9.97 Å². The van der Waals surface area contributed by atoms with Crippen LogP contribution in [0, 0.1) is 5.92 Å². The standard InChI is InChI=1S/C21H20F6N6O4/c1-11(37-14-8-29-31-19(35)17(14)21(25,26)27)10-36-5-2-16(34)32-3-4-33-15(9-32)30-13-6-12(20(22,23)24)7-28-18(13)33/h6-8,11,17H,2-5,9-10H2,1H3/t11-,17?/m0/s1. The summed E-state index contributed by atoms with van der Waals surface area (Å²) in [5.41, 5.74) is -0.527. The number of amides is 2. The van der Waals surface area contributed by atoms with Gasteiger partial charge in [0.2, 0.25) is 5.91 Å². The van der Waals surface area contributed by atoms with E-state index in [-0.39, 0.29) is 44.1 Å². The second-order valence-corrected chi connectivity index (χ2v) is 8.37. The summed E-state index contributed by atoms with van der Waals surface area (Å²) in [5.74, 6) is -4.60. The molecule has 0 fully saturated rings. The molecule has 0 saturated carbocycles. The van der Waals surface area contributed by atoms with Crippen LogP contribution in [0.4, 0.5) is 26.3 Å². The van der Waals surface area contributed by atoms with Crippen LogP contribution >= 0.6 is 0 Å². The van der Waals surface area contributed by atoms with Crippen molar-refractivity contribution in [2.75, 3.05) is 19.8 Å². The van der Waals surface area contributed by atoms with Crippen LogP contribution < -0.4 is 0 Å². The molecule has 10 nitrogen and oxygen atoms in total. The molecule has 2 atom stereocenters. The predicted octanol–water partition coefficient (Wildman–Crippen LogP) is 3.62. The zero-order valence-electron chi connectivity index (χ0n) is 19.2. The number of pyridine rings is 1. The van der Waals surface area contributed by atoms with Crippen LogP contribution in [-0.4, -0.2) is 63.3 Å². The average molecular weight is 534 g/mol. The van der Waals surface area contributed by atoms with Crippen LogP contribution in [0.3, 0.4) is 0 Å². The first-order valence-corrected chi connectivity index (χ1v) is 11.0. The number of aromatic nitrogens is 3. The number of carbonyl (C=O) groups is 2. The fourth-order valence-electron chi connectivity index (χ4n) is 3.88. The zero-order chi connectivity index (χ0) is 27.0. The van der Waals surface area contributed by atoms with Crippen molar-refractivity contribution in [3.05, 3.63) is 35.6 Å². The van der Waals surface area contributed by atoms with Crippen molar-refractivity contribution in [3.63, 3.8) is 0 Å². The van der Waals surface area contributed by atoms with Gasteiger partial charge < -0.3 is 18.9 Å². The molecule has 2 aromatic heterocycles. The Hall–Kier alpha value is -3.56. The van der Waals surface area contributed by atoms with E-state index in [0.29, 0.717) is 18.0 Å². The third-order valence-electron chi connectivity index (χ3n) is 5.62. The van der Waals surface area contributed by atoms with Crippen molar-refractivity contribution >= 4 is 23.0 Å². The Kier molecular flexibility index (Phi) is 7.21. The highest BCUT2D eigenvalue weighted by Crippen LogP contribution is 2.36. The van der Waals surface area contributed by atoms with Gasteiger partial charge in [0.1, 0.15) is 23.2 Å². The third-order valence-corrected chi connectivity index (χ3v) is 5.62. The van der Waals surface area contributed by atoms with E-state index in [9.17, 15) is 35.9 Å². The average Bonchev–Trinajstić information content (AvgIpc) is 3.17. The van der Waals surface area contributed by atoms with Crippen molar-refractivity contribution in [2.24, 2.45) is 16.1 Å². The van der Waals surface area contributed by atoms with Gasteiger partial charge in [0.05, 0.1) is 37.9 Å². The number of nitrogens with zero attached hydrogens (tertiary/aromatic N) is 6. The van der Waals surface area contributed by atoms with E-state index in [1.54, 1.807) is 4.57 Å². The van der Waals surface area contributed by atoms with Crippen molar-refractivity contribution in [1.29, 1.82) is 0 Å². The molecule has 0 bridgehead atoms. The molecule has 1 unspecified atom stereocenters. The normalized spacial score (nSPS) is 19.1. The lowest BCUT2D eigenvalue weighted by molar-refractivity contribution is -0.183. The summed E-state index contributed by atoms with van der Waals surface area (Å²) in [6.07, 6.45) is -8.90. The Morgan fingerprint density at radius 3 is 2.68 bits per heavy atom. The monoisotopic (exact) mass is 534 g/mol. The maximum atomic E-state index is 13.1. The summed E-state index contributed by atoms with van der Waals surface area (Å²) in [7, 11) is 0. The van der Waals surface area contributed by atoms with Crippen molar-refractivity contribution < 1.29 is 45.4 Å². The van der Waals surface area contributed by atoms with E-state index in [2.05, 4.69) is 20.2 Å². The lowest BCUT2D eigenvalue weighted by Gasteiger charge is -2.28. The van der Waals surface area contributed by atoms with E-state index >= 15 is 0 Å². The van der Waals surface area contributed by atoms with Crippen LogP contribution in [0.2, 0.25) is 0 Å². The lowest BCUT2D eigenvalue weighted by atomic mass is 10.1. The number of imidazole rings is 1. The maximum Gasteiger partial charge on any atom is 0.417 e. The molecule has 200 valence electrons. The zero-order valence-corrected chi connectivity index (χ0v) is 19.2. The lowest BCUT2D eigenvalue weighted by Crippen LogP contribution is -2.39. The Morgan fingerprint density at radius 1 is 1.22 bits per heavy atom. The topological polar surface area (TPSA) is 111 Å². The molecule has 0 aliphatic carbocycles. The summed E-state index contributed by atoms with van der Waals surface area (Å²) >= 11 is 0. The molecular weight excluding hydrogens is 514 g/mol. The summed E-state index contributed by atoms with van der Waals surface area (Å²) < 4.78 is 90.4. The van der Waals surface area contributed by atoms with Crippen LogP contribution in [0.1, 0.15) is 24.7 Å². The maximum absolute atomic E-state index is 13.1. The fourth-order valence-corrected chi connectivity index (χ4v) is 3.88. The van der Waals surface area contributed by atoms with Gasteiger partial charge in [-0.15, -0.1) is 5.11 Å². The molecular formula is C21H20F6N6O4. The largest absolute Gasteiger partial charge is 0.490 e. The number of fused-ring (bicyclic) bond motifs is 3. The summed E-state index contributed by atoms with van der Waals surface area (Å²) in [4.78, 5) is 33.6. The number of rotatable bonds is 7. The van der Waals surface area contributed by atoms with Gasteiger partial charge in [0, 0.05) is 19.3 Å². The Bertz CT molecular complexity index is 1250. The van der Waals surface area contributed by atoms with Crippen molar-refractivity contribution in [2.45, 2.75) is 44.9 Å². The molecule has 37 heavy (non-hydrogen) atoms. The van der Waals surface area contributed by atoms with Gasteiger partial charge in [-0.1, -0.05) is 0 Å². The Morgan fingerprint density at radius 2 is 1.97 bits per heavy atom. The molecule has 4 heterocycles. The first kappa shape index (κ1) is 26.5. The first-order valence-electron chi connectivity index (χ1n) is 11.0. The number of ether oxygens (including phenoxy) is 2. The molecule has 0 spiro atoms. The Balaban J connectivity index is 1.26. The number of carbonyl (C=O) groups excluding carboxylic acids is 2. The van der Waals surface area contributed by atoms with Crippen LogP contribution in [-0.2, 0) is 38.3 Å². The van der Waals surface area contributed by atoms with Crippen LogP contribution in [0.25, 0.3) is 11.2 Å². The smallest absolute Gasteiger partial charge is 0.417 e. The van der Waals surface area contributed by atoms with Gasteiger partial charge in [-0.3, -0.25) is 9.59 Å². The van der Waals surface area contributed by atoms with E-state index in [0.717, 1.165) is 18.5 Å². The Labute approximate surface area is 204 Å². The highest BCUT2D eigenvalue weighted by atomic mass is 19.4.